The van der Waals surface area contributed by atoms with Crippen molar-refractivity contribution in [3.05, 3.63) is 0 Å². The highest BCUT2D eigenvalue weighted by atomic mass is 32.2. The number of nitrogens with one attached hydrogen (secondary N) is 3. The molecule has 1 fully saturated rings. The molecule has 0 saturated carbocycles. The van der Waals surface area contributed by atoms with Crippen molar-refractivity contribution in [1.82, 2.24) is 19.7 Å². The lowest BCUT2D eigenvalue weighted by atomic mass is 10.2. The van der Waals surface area contributed by atoms with Crippen LogP contribution in [-0.2, 0) is 15.0 Å². The Kier molecular flexibility index (Phi) is 5.31. The molecular formula is C9H20N4O3S. The van der Waals surface area contributed by atoms with Gasteiger partial charge in [0.1, 0.15) is 6.04 Å². The van der Waals surface area contributed by atoms with E-state index < -0.39 is 16.3 Å². The predicted molar refractivity (Wildman–Crippen MR) is 64.6 cm³/mol. The summed E-state index contributed by atoms with van der Waals surface area (Å²) in [7, 11) is -3.56. The number of hydrogen-bond acceptors (Lipinski definition) is 4. The third-order valence-electron chi connectivity index (χ3n) is 2.48. The minimum atomic E-state index is -3.56. The Labute approximate surface area is 102 Å². The largest absolute Gasteiger partial charge is 0.355 e. The first-order chi connectivity index (χ1) is 8.03. The Bertz CT molecular complexity index is 357. The smallest absolute Gasteiger partial charge is 0.280 e. The summed E-state index contributed by atoms with van der Waals surface area (Å²) in [6.07, 6.45) is 0. The first-order valence-electron chi connectivity index (χ1n) is 5.77. The molecule has 3 N–H and O–H groups in total. The second-order valence-corrected chi connectivity index (χ2v) is 5.44. The van der Waals surface area contributed by atoms with Gasteiger partial charge in [-0.15, -0.1) is 0 Å². The molecule has 17 heavy (non-hydrogen) atoms. The molecule has 0 radical (unpaired) electrons. The van der Waals surface area contributed by atoms with E-state index in [1.54, 1.807) is 13.8 Å². The lowest BCUT2D eigenvalue weighted by Crippen LogP contribution is -2.61. The third-order valence-corrected chi connectivity index (χ3v) is 4.19. The molecule has 0 aromatic carbocycles. The number of carbonyl (C=O) groups excluding carboxylic acids is 1. The highest BCUT2D eigenvalue weighted by Gasteiger charge is 2.35. The van der Waals surface area contributed by atoms with E-state index >= 15 is 0 Å². The number of likely N-dealkylation sites (N-methyl/N-ethyl adjacent to an activating group) is 1. The summed E-state index contributed by atoms with van der Waals surface area (Å²) in [5.74, 6) is -0.263. The van der Waals surface area contributed by atoms with Gasteiger partial charge in [-0.1, -0.05) is 6.92 Å². The zero-order chi connectivity index (χ0) is 12.9. The molecule has 0 aliphatic carbocycles. The quantitative estimate of drug-likeness (QED) is 0.549. The molecule has 0 bridgehead atoms. The van der Waals surface area contributed by atoms with Gasteiger partial charge in [-0.2, -0.15) is 12.7 Å². The minimum absolute atomic E-state index is 0.263. The number of rotatable bonds is 5. The molecule has 0 aromatic rings. The minimum Gasteiger partial charge on any atom is -0.355 e. The molecule has 0 spiro atoms. The second-order valence-electron chi connectivity index (χ2n) is 3.73. The van der Waals surface area contributed by atoms with Crippen LogP contribution in [-0.4, -0.2) is 57.4 Å². The van der Waals surface area contributed by atoms with E-state index in [9.17, 15) is 13.2 Å². The lowest BCUT2D eigenvalue weighted by Gasteiger charge is -2.33. The number of piperazine rings is 1. The highest BCUT2D eigenvalue weighted by molar-refractivity contribution is 7.87. The van der Waals surface area contributed by atoms with Crippen molar-refractivity contribution in [3.8, 4) is 0 Å². The fraction of sp³-hybridized carbons (Fsp3) is 0.889. The zero-order valence-corrected chi connectivity index (χ0v) is 11.0. The van der Waals surface area contributed by atoms with E-state index in [1.165, 1.54) is 4.31 Å². The number of amides is 1. The van der Waals surface area contributed by atoms with Crippen LogP contribution in [0.4, 0.5) is 0 Å². The Morgan fingerprint density at radius 1 is 1.41 bits per heavy atom. The van der Waals surface area contributed by atoms with Gasteiger partial charge in [0, 0.05) is 32.7 Å². The molecule has 1 atom stereocenters. The summed E-state index contributed by atoms with van der Waals surface area (Å²) in [5.41, 5.74) is 0. The SMILES string of the molecule is CCNC(=O)C1CNCCN1S(=O)(=O)NCC. The van der Waals surface area contributed by atoms with Gasteiger partial charge in [-0.3, -0.25) is 4.79 Å². The Hall–Kier alpha value is -0.700. The van der Waals surface area contributed by atoms with Crippen LogP contribution in [0.15, 0.2) is 0 Å². The second kappa shape index (κ2) is 6.29. The van der Waals surface area contributed by atoms with E-state index in [1.807, 2.05) is 0 Å². The third kappa shape index (κ3) is 3.63. The normalized spacial score (nSPS) is 22.4. The van der Waals surface area contributed by atoms with Crippen molar-refractivity contribution in [2.24, 2.45) is 0 Å². The van der Waals surface area contributed by atoms with Crippen molar-refractivity contribution in [2.45, 2.75) is 19.9 Å². The molecule has 1 aliphatic heterocycles. The lowest BCUT2D eigenvalue weighted by molar-refractivity contribution is -0.125. The van der Waals surface area contributed by atoms with Gasteiger partial charge in [-0.25, -0.2) is 4.72 Å². The van der Waals surface area contributed by atoms with Crippen molar-refractivity contribution >= 4 is 16.1 Å². The van der Waals surface area contributed by atoms with Crippen molar-refractivity contribution in [1.29, 1.82) is 0 Å². The first-order valence-corrected chi connectivity index (χ1v) is 7.21. The Morgan fingerprint density at radius 3 is 2.71 bits per heavy atom. The fourth-order valence-electron chi connectivity index (χ4n) is 1.75. The summed E-state index contributed by atoms with van der Waals surface area (Å²) in [5, 5.41) is 5.67. The predicted octanol–water partition coefficient (Wildman–Crippen LogP) is -1.75. The molecule has 0 aromatic heterocycles. The van der Waals surface area contributed by atoms with E-state index in [0.717, 1.165) is 0 Å². The molecule has 8 heteroatoms. The summed E-state index contributed by atoms with van der Waals surface area (Å²) in [6.45, 7) is 5.52. The highest BCUT2D eigenvalue weighted by Crippen LogP contribution is 2.08. The average Bonchev–Trinajstić information content (AvgIpc) is 2.29. The standard InChI is InChI=1S/C9H20N4O3S/c1-3-11-9(14)8-7-10-5-6-13(8)17(15,16)12-4-2/h8,10,12H,3-7H2,1-2H3,(H,11,14). The maximum absolute atomic E-state index is 11.9. The van der Waals surface area contributed by atoms with Crippen LogP contribution in [0.5, 0.6) is 0 Å². The van der Waals surface area contributed by atoms with E-state index in [4.69, 9.17) is 0 Å². The topological polar surface area (TPSA) is 90.5 Å². The van der Waals surface area contributed by atoms with Gasteiger partial charge in [0.05, 0.1) is 0 Å². The monoisotopic (exact) mass is 264 g/mol. The molecule has 1 heterocycles. The molecule has 1 rings (SSSR count). The van der Waals surface area contributed by atoms with E-state index in [-0.39, 0.29) is 5.91 Å². The summed E-state index contributed by atoms with van der Waals surface area (Å²) in [4.78, 5) is 11.8. The first kappa shape index (κ1) is 14.4. The molecule has 100 valence electrons. The maximum Gasteiger partial charge on any atom is 0.280 e. The van der Waals surface area contributed by atoms with Crippen LogP contribution in [0.3, 0.4) is 0 Å². The molecule has 1 saturated heterocycles. The Morgan fingerprint density at radius 2 is 2.12 bits per heavy atom. The molecule has 7 nitrogen and oxygen atoms in total. The fourth-order valence-corrected chi connectivity index (χ4v) is 3.12. The number of hydrogen-bond donors (Lipinski definition) is 3. The van der Waals surface area contributed by atoms with Gasteiger partial charge in [0.15, 0.2) is 0 Å². The molecule has 1 amide bonds. The van der Waals surface area contributed by atoms with Crippen LogP contribution in [0, 0.1) is 0 Å². The number of nitrogens with zero attached hydrogens (tertiary/aromatic N) is 1. The van der Waals surface area contributed by atoms with E-state index in [2.05, 4.69) is 15.4 Å². The van der Waals surface area contributed by atoms with E-state index in [0.29, 0.717) is 32.7 Å². The van der Waals surface area contributed by atoms with Crippen LogP contribution >= 0.6 is 0 Å². The summed E-state index contributed by atoms with van der Waals surface area (Å²) in [6, 6.07) is -0.673. The summed E-state index contributed by atoms with van der Waals surface area (Å²) < 4.78 is 27.5. The summed E-state index contributed by atoms with van der Waals surface area (Å²) >= 11 is 0. The van der Waals surface area contributed by atoms with Crippen LogP contribution in [0.2, 0.25) is 0 Å². The molecular weight excluding hydrogens is 244 g/mol. The van der Waals surface area contributed by atoms with Crippen LogP contribution in [0.25, 0.3) is 0 Å². The van der Waals surface area contributed by atoms with Crippen LogP contribution in [0.1, 0.15) is 13.8 Å². The van der Waals surface area contributed by atoms with Gasteiger partial charge in [0.25, 0.3) is 10.2 Å². The number of carbonyl (C=O) groups is 1. The van der Waals surface area contributed by atoms with Crippen LogP contribution < -0.4 is 15.4 Å². The molecule has 1 aliphatic rings. The van der Waals surface area contributed by atoms with Crippen molar-refractivity contribution < 1.29 is 13.2 Å². The van der Waals surface area contributed by atoms with Gasteiger partial charge >= 0.3 is 0 Å². The Balaban J connectivity index is 2.82. The van der Waals surface area contributed by atoms with Crippen molar-refractivity contribution in [2.75, 3.05) is 32.7 Å². The van der Waals surface area contributed by atoms with Gasteiger partial charge in [0.2, 0.25) is 5.91 Å². The zero-order valence-electron chi connectivity index (χ0n) is 10.2. The van der Waals surface area contributed by atoms with Crippen molar-refractivity contribution in [3.63, 3.8) is 0 Å². The van der Waals surface area contributed by atoms with Gasteiger partial charge in [-0.05, 0) is 6.92 Å². The molecule has 1 unspecified atom stereocenters. The average molecular weight is 264 g/mol. The maximum atomic E-state index is 11.9. The van der Waals surface area contributed by atoms with Gasteiger partial charge < -0.3 is 10.6 Å².